The van der Waals surface area contributed by atoms with Gasteiger partial charge in [0.2, 0.25) is 0 Å². The summed E-state index contributed by atoms with van der Waals surface area (Å²) in [6.07, 6.45) is -4.60. The van der Waals surface area contributed by atoms with Crippen molar-refractivity contribution >= 4 is 33.1 Å². The maximum Gasteiger partial charge on any atom is 0.435 e. The van der Waals surface area contributed by atoms with E-state index in [4.69, 9.17) is 5.26 Å². The van der Waals surface area contributed by atoms with Crippen molar-refractivity contribution in [2.45, 2.75) is 6.18 Å². The zero-order valence-electron chi connectivity index (χ0n) is 12.2. The summed E-state index contributed by atoms with van der Waals surface area (Å²) >= 11 is 0.907. The fourth-order valence-corrected chi connectivity index (χ4v) is 3.20. The number of aryl methyl sites for hydroxylation is 1. The molecule has 1 N–H and O–H groups in total. The number of aromatic nitrogens is 2. The van der Waals surface area contributed by atoms with Crippen molar-refractivity contribution in [3.8, 4) is 6.07 Å². The van der Waals surface area contributed by atoms with Crippen LogP contribution in [0.25, 0.3) is 10.2 Å². The number of carbonyl (C=O) groups is 1. The topological polar surface area (TPSA) is 70.7 Å². The molecule has 0 radical (unpaired) electrons. The van der Waals surface area contributed by atoms with Gasteiger partial charge in [-0.15, -0.1) is 11.3 Å². The molecule has 5 nitrogen and oxygen atoms in total. The van der Waals surface area contributed by atoms with Crippen molar-refractivity contribution in [3.63, 3.8) is 0 Å². The number of hydrogen-bond acceptors (Lipinski definition) is 4. The lowest BCUT2D eigenvalue weighted by molar-refractivity contribution is -0.140. The molecule has 0 aliphatic rings. The molecular weight excluding hydrogens is 341 g/mol. The average Bonchev–Trinajstić information content (AvgIpc) is 3.08. The van der Waals surface area contributed by atoms with E-state index in [2.05, 4.69) is 10.4 Å². The number of nitrogens with zero attached hydrogens (tertiary/aromatic N) is 3. The Kier molecular flexibility index (Phi) is 3.77. The number of para-hydroxylation sites is 1. The lowest BCUT2D eigenvalue weighted by Gasteiger charge is -2.05. The molecule has 2 heterocycles. The summed E-state index contributed by atoms with van der Waals surface area (Å²) < 4.78 is 40.0. The third-order valence-electron chi connectivity index (χ3n) is 3.30. The van der Waals surface area contributed by atoms with Gasteiger partial charge in [-0.05, 0) is 18.2 Å². The van der Waals surface area contributed by atoms with E-state index in [1.54, 1.807) is 18.2 Å². The first-order valence-electron chi connectivity index (χ1n) is 6.65. The van der Waals surface area contributed by atoms with Crippen molar-refractivity contribution in [3.05, 3.63) is 46.5 Å². The highest BCUT2D eigenvalue weighted by atomic mass is 32.1. The molecule has 2 aromatic heterocycles. The Morgan fingerprint density at radius 1 is 1.38 bits per heavy atom. The van der Waals surface area contributed by atoms with E-state index in [-0.39, 0.29) is 20.7 Å². The summed E-state index contributed by atoms with van der Waals surface area (Å²) in [4.78, 5) is 12.7. The molecule has 0 aliphatic heterocycles. The van der Waals surface area contributed by atoms with Gasteiger partial charge in [-0.25, -0.2) is 0 Å². The Bertz CT molecular complexity index is 981. The van der Waals surface area contributed by atoms with Crippen LogP contribution in [0.4, 0.5) is 18.9 Å². The Labute approximate surface area is 137 Å². The van der Waals surface area contributed by atoms with Crippen LogP contribution in [0.1, 0.15) is 20.9 Å². The fourth-order valence-electron chi connectivity index (χ4n) is 2.24. The number of nitrogens with one attached hydrogen (secondary N) is 1. The molecule has 24 heavy (non-hydrogen) atoms. The van der Waals surface area contributed by atoms with Crippen LogP contribution in [0.2, 0.25) is 0 Å². The van der Waals surface area contributed by atoms with E-state index in [9.17, 15) is 18.0 Å². The number of benzene rings is 1. The van der Waals surface area contributed by atoms with Crippen molar-refractivity contribution < 1.29 is 18.0 Å². The van der Waals surface area contributed by atoms with Gasteiger partial charge in [0.1, 0.15) is 10.9 Å². The second kappa shape index (κ2) is 5.65. The maximum atomic E-state index is 13.0. The van der Waals surface area contributed by atoms with Crippen LogP contribution in [0, 0.1) is 11.3 Å². The van der Waals surface area contributed by atoms with E-state index in [0.717, 1.165) is 16.0 Å². The molecule has 0 spiro atoms. The zero-order chi connectivity index (χ0) is 17.5. The monoisotopic (exact) mass is 350 g/mol. The lowest BCUT2D eigenvalue weighted by atomic mass is 10.2. The van der Waals surface area contributed by atoms with Crippen LogP contribution in [-0.2, 0) is 13.2 Å². The van der Waals surface area contributed by atoms with E-state index in [0.29, 0.717) is 5.69 Å². The number of anilines is 1. The quantitative estimate of drug-likeness (QED) is 0.765. The molecule has 0 atom stereocenters. The van der Waals surface area contributed by atoms with Crippen LogP contribution in [0.3, 0.4) is 0 Å². The number of nitriles is 1. The normalized spacial score (nSPS) is 11.5. The highest BCUT2D eigenvalue weighted by Gasteiger charge is 2.37. The van der Waals surface area contributed by atoms with Gasteiger partial charge in [0.15, 0.2) is 5.69 Å². The first-order chi connectivity index (χ1) is 11.3. The predicted molar refractivity (Wildman–Crippen MR) is 82.7 cm³/mol. The first kappa shape index (κ1) is 16.0. The minimum Gasteiger partial charge on any atom is -0.320 e. The molecule has 0 bridgehead atoms. The van der Waals surface area contributed by atoms with Gasteiger partial charge in [0, 0.05) is 12.4 Å². The van der Waals surface area contributed by atoms with Gasteiger partial charge in [-0.1, -0.05) is 12.1 Å². The molecule has 122 valence electrons. The van der Waals surface area contributed by atoms with E-state index < -0.39 is 17.8 Å². The summed E-state index contributed by atoms with van der Waals surface area (Å²) in [5.41, 5.74) is -0.450. The molecule has 3 rings (SSSR count). The van der Waals surface area contributed by atoms with Gasteiger partial charge in [-0.2, -0.15) is 23.5 Å². The molecule has 1 aromatic carbocycles. The molecule has 0 aliphatic carbocycles. The van der Waals surface area contributed by atoms with Crippen molar-refractivity contribution in [2.75, 3.05) is 5.32 Å². The second-order valence-electron chi connectivity index (χ2n) is 4.91. The molecule has 0 unspecified atom stereocenters. The largest absolute Gasteiger partial charge is 0.435 e. The molecule has 3 aromatic rings. The highest BCUT2D eigenvalue weighted by Crippen LogP contribution is 2.37. The first-order valence-corrected chi connectivity index (χ1v) is 7.47. The Morgan fingerprint density at radius 3 is 2.75 bits per heavy atom. The van der Waals surface area contributed by atoms with Crippen molar-refractivity contribution in [1.82, 2.24) is 9.78 Å². The molecular formula is C15H9F3N4OS. The Hall–Kier alpha value is -2.86. The fraction of sp³-hybridized carbons (Fsp3) is 0.133. The number of fused-ring (bicyclic) bond motifs is 1. The zero-order valence-corrected chi connectivity index (χ0v) is 13.0. The summed E-state index contributed by atoms with van der Waals surface area (Å²) in [7, 11) is 1.39. The lowest BCUT2D eigenvalue weighted by Crippen LogP contribution is -2.11. The maximum absolute atomic E-state index is 13.0. The summed E-state index contributed by atoms with van der Waals surface area (Å²) in [5, 5.41) is 14.9. The van der Waals surface area contributed by atoms with Crippen LogP contribution < -0.4 is 5.32 Å². The van der Waals surface area contributed by atoms with Gasteiger partial charge < -0.3 is 5.32 Å². The third-order valence-corrected chi connectivity index (χ3v) is 4.50. The minimum atomic E-state index is -4.60. The summed E-state index contributed by atoms with van der Waals surface area (Å²) in [6, 6.07) is 9.48. The van der Waals surface area contributed by atoms with Crippen LogP contribution in [-0.4, -0.2) is 15.7 Å². The number of halogens is 3. The Balaban J connectivity index is 1.98. The summed E-state index contributed by atoms with van der Waals surface area (Å²) in [6.45, 7) is 0. The number of alkyl halides is 3. The molecule has 0 saturated heterocycles. The predicted octanol–water partition coefficient (Wildman–Crippen LogP) is 3.78. The molecule has 1 amide bonds. The van der Waals surface area contributed by atoms with E-state index in [1.807, 2.05) is 6.07 Å². The van der Waals surface area contributed by atoms with Crippen LogP contribution >= 0.6 is 11.3 Å². The number of thiophene rings is 1. The van der Waals surface area contributed by atoms with Crippen LogP contribution in [0.5, 0.6) is 0 Å². The van der Waals surface area contributed by atoms with Gasteiger partial charge >= 0.3 is 6.18 Å². The minimum absolute atomic E-state index is 0.108. The number of hydrogen-bond donors (Lipinski definition) is 1. The van der Waals surface area contributed by atoms with E-state index >= 15 is 0 Å². The van der Waals surface area contributed by atoms with Gasteiger partial charge in [0.25, 0.3) is 5.91 Å². The summed E-state index contributed by atoms with van der Waals surface area (Å²) in [5.74, 6) is -0.577. The van der Waals surface area contributed by atoms with E-state index in [1.165, 1.54) is 19.2 Å². The molecule has 9 heteroatoms. The van der Waals surface area contributed by atoms with Crippen molar-refractivity contribution in [1.29, 1.82) is 5.26 Å². The molecule has 0 saturated carbocycles. The SMILES string of the molecule is Cn1nc(C(F)(F)F)c2cc(C(=O)Nc3ccccc3C#N)sc21. The highest BCUT2D eigenvalue weighted by molar-refractivity contribution is 7.20. The smallest absolute Gasteiger partial charge is 0.320 e. The Morgan fingerprint density at radius 2 is 2.08 bits per heavy atom. The van der Waals surface area contributed by atoms with Gasteiger partial charge in [0.05, 0.1) is 16.1 Å². The van der Waals surface area contributed by atoms with Gasteiger partial charge in [-0.3, -0.25) is 9.48 Å². The number of carbonyl (C=O) groups excluding carboxylic acids is 1. The van der Waals surface area contributed by atoms with Crippen LogP contribution in [0.15, 0.2) is 30.3 Å². The third kappa shape index (κ3) is 2.72. The molecule has 0 fully saturated rings. The number of amides is 1. The number of rotatable bonds is 2. The second-order valence-corrected chi connectivity index (χ2v) is 5.94. The standard InChI is InChI=1S/C15H9F3N4OS/c1-22-14-9(12(21-22)15(16,17)18)6-11(24-14)13(23)20-10-5-3-2-4-8(10)7-19/h2-6H,1H3,(H,20,23). The average molecular weight is 350 g/mol. The van der Waals surface area contributed by atoms with Crippen molar-refractivity contribution in [2.24, 2.45) is 7.05 Å².